The molecule has 0 radical (unpaired) electrons. The number of piperidine rings is 1. The molecule has 1 heterocycles. The summed E-state index contributed by atoms with van der Waals surface area (Å²) >= 11 is 0. The molecule has 1 aromatic rings. The van der Waals surface area contributed by atoms with E-state index < -0.39 is 15.6 Å². The first-order chi connectivity index (χ1) is 9.32. The van der Waals surface area contributed by atoms with Crippen molar-refractivity contribution in [1.82, 2.24) is 4.31 Å². The summed E-state index contributed by atoms with van der Waals surface area (Å²) in [7, 11) is -3.40. The lowest BCUT2D eigenvalue weighted by molar-refractivity contribution is 0.0126. The maximum Gasteiger partial charge on any atom is 0.218 e. The average Bonchev–Trinajstić information content (AvgIpc) is 2.38. The minimum absolute atomic E-state index is 0.106. The first-order valence-electron chi connectivity index (χ1n) is 6.52. The maximum absolute atomic E-state index is 12.3. The van der Waals surface area contributed by atoms with E-state index in [1.54, 1.807) is 31.2 Å². The van der Waals surface area contributed by atoms with Gasteiger partial charge in [-0.15, -0.1) is 0 Å². The van der Waals surface area contributed by atoms with Gasteiger partial charge in [-0.2, -0.15) is 5.26 Å². The highest BCUT2D eigenvalue weighted by molar-refractivity contribution is 7.88. The molecule has 108 valence electrons. The van der Waals surface area contributed by atoms with Crippen LogP contribution in [0.5, 0.6) is 0 Å². The second-order valence-corrected chi connectivity index (χ2v) is 7.43. The fourth-order valence-corrected chi connectivity index (χ4v) is 3.80. The molecule has 0 saturated carbocycles. The molecule has 1 aromatic carbocycles. The van der Waals surface area contributed by atoms with E-state index in [0.717, 1.165) is 0 Å². The summed E-state index contributed by atoms with van der Waals surface area (Å²) in [6.45, 7) is 2.41. The SMILES string of the molecule is CC1(O)CCN(S(=O)(=O)Cc2cccc(C#N)c2)CC1. The summed E-state index contributed by atoms with van der Waals surface area (Å²) in [5.41, 5.74) is 0.299. The van der Waals surface area contributed by atoms with Crippen LogP contribution in [0.3, 0.4) is 0 Å². The predicted molar refractivity (Wildman–Crippen MR) is 75.2 cm³/mol. The van der Waals surface area contributed by atoms with Crippen molar-refractivity contribution >= 4 is 10.0 Å². The van der Waals surface area contributed by atoms with Gasteiger partial charge in [0.05, 0.1) is 23.0 Å². The third-order valence-electron chi connectivity index (χ3n) is 3.60. The fraction of sp³-hybridized carbons (Fsp3) is 0.500. The van der Waals surface area contributed by atoms with Crippen LogP contribution in [0, 0.1) is 11.3 Å². The van der Waals surface area contributed by atoms with Gasteiger partial charge in [-0.3, -0.25) is 0 Å². The Morgan fingerprint density at radius 3 is 2.65 bits per heavy atom. The van der Waals surface area contributed by atoms with Gasteiger partial charge in [0.25, 0.3) is 0 Å². The summed E-state index contributed by atoms with van der Waals surface area (Å²) in [6.07, 6.45) is 0.898. The number of hydrogen-bond donors (Lipinski definition) is 1. The van der Waals surface area contributed by atoms with E-state index >= 15 is 0 Å². The van der Waals surface area contributed by atoms with Gasteiger partial charge < -0.3 is 5.11 Å². The number of hydrogen-bond acceptors (Lipinski definition) is 4. The van der Waals surface area contributed by atoms with E-state index in [2.05, 4.69) is 0 Å². The van der Waals surface area contributed by atoms with E-state index in [-0.39, 0.29) is 5.75 Å². The van der Waals surface area contributed by atoms with Crippen LogP contribution < -0.4 is 0 Å². The molecule has 0 amide bonds. The number of sulfonamides is 1. The largest absolute Gasteiger partial charge is 0.390 e. The molecule has 0 unspecified atom stereocenters. The first kappa shape index (κ1) is 15.0. The third kappa shape index (κ3) is 3.57. The van der Waals surface area contributed by atoms with Gasteiger partial charge in [0.15, 0.2) is 0 Å². The fourth-order valence-electron chi connectivity index (χ4n) is 2.28. The van der Waals surface area contributed by atoms with Crippen molar-refractivity contribution in [3.8, 4) is 6.07 Å². The van der Waals surface area contributed by atoms with Crippen molar-refractivity contribution in [3.63, 3.8) is 0 Å². The highest BCUT2D eigenvalue weighted by Crippen LogP contribution is 2.24. The summed E-state index contributed by atoms with van der Waals surface area (Å²) in [5, 5.41) is 18.7. The molecule has 0 aromatic heterocycles. The Hall–Kier alpha value is -1.42. The van der Waals surface area contributed by atoms with Crippen LogP contribution in [0.4, 0.5) is 0 Å². The zero-order valence-electron chi connectivity index (χ0n) is 11.4. The van der Waals surface area contributed by atoms with Crippen LogP contribution in [0.25, 0.3) is 0 Å². The Labute approximate surface area is 119 Å². The highest BCUT2D eigenvalue weighted by atomic mass is 32.2. The zero-order valence-corrected chi connectivity index (χ0v) is 12.2. The summed E-state index contributed by atoms with van der Waals surface area (Å²) in [6, 6.07) is 8.64. The maximum atomic E-state index is 12.3. The minimum Gasteiger partial charge on any atom is -0.390 e. The van der Waals surface area contributed by atoms with E-state index in [9.17, 15) is 13.5 Å². The smallest absolute Gasteiger partial charge is 0.218 e. The Morgan fingerprint density at radius 2 is 2.05 bits per heavy atom. The van der Waals surface area contributed by atoms with Gasteiger partial charge >= 0.3 is 0 Å². The number of nitrogens with zero attached hydrogens (tertiary/aromatic N) is 2. The van der Waals surface area contributed by atoms with Gasteiger partial charge in [0.2, 0.25) is 10.0 Å². The lowest BCUT2D eigenvalue weighted by Crippen LogP contribution is -2.45. The molecule has 1 saturated heterocycles. The molecule has 0 spiro atoms. The highest BCUT2D eigenvalue weighted by Gasteiger charge is 2.33. The van der Waals surface area contributed by atoms with E-state index in [4.69, 9.17) is 5.26 Å². The third-order valence-corrected chi connectivity index (χ3v) is 5.45. The molecule has 2 rings (SSSR count). The zero-order chi connectivity index (χ0) is 14.8. The Balaban J connectivity index is 2.10. The van der Waals surface area contributed by atoms with Gasteiger partial charge in [0.1, 0.15) is 0 Å². The van der Waals surface area contributed by atoms with Gasteiger partial charge in [-0.1, -0.05) is 12.1 Å². The molecular formula is C14H18N2O3S. The molecule has 1 fully saturated rings. The van der Waals surface area contributed by atoms with E-state index in [1.807, 2.05) is 6.07 Å². The van der Waals surface area contributed by atoms with Crippen LogP contribution >= 0.6 is 0 Å². The monoisotopic (exact) mass is 294 g/mol. The van der Waals surface area contributed by atoms with E-state index in [1.165, 1.54) is 4.31 Å². The van der Waals surface area contributed by atoms with E-state index in [0.29, 0.717) is 37.1 Å². The second kappa shape index (κ2) is 5.52. The van der Waals surface area contributed by atoms with Crippen molar-refractivity contribution in [1.29, 1.82) is 5.26 Å². The van der Waals surface area contributed by atoms with Crippen molar-refractivity contribution in [2.24, 2.45) is 0 Å². The topological polar surface area (TPSA) is 81.4 Å². The van der Waals surface area contributed by atoms with Crippen LogP contribution in [0.15, 0.2) is 24.3 Å². The summed E-state index contributed by atoms with van der Waals surface area (Å²) in [4.78, 5) is 0. The lowest BCUT2D eigenvalue weighted by atomic mass is 9.95. The van der Waals surface area contributed by atoms with Crippen LogP contribution in [0.2, 0.25) is 0 Å². The molecule has 1 aliphatic rings. The van der Waals surface area contributed by atoms with Gasteiger partial charge in [-0.25, -0.2) is 12.7 Å². The lowest BCUT2D eigenvalue weighted by Gasteiger charge is -2.35. The summed E-state index contributed by atoms with van der Waals surface area (Å²) in [5.74, 6) is -0.106. The molecule has 0 bridgehead atoms. The Bertz CT molecular complexity index is 622. The average molecular weight is 294 g/mol. The van der Waals surface area contributed by atoms with Crippen LogP contribution in [-0.4, -0.2) is 36.5 Å². The normalized spacial score (nSPS) is 19.4. The molecule has 6 heteroatoms. The molecule has 0 atom stereocenters. The standard InChI is InChI=1S/C14H18N2O3S/c1-14(17)5-7-16(8-6-14)20(18,19)11-13-4-2-3-12(9-13)10-15/h2-4,9,17H,5-8,11H2,1H3. The molecular weight excluding hydrogens is 276 g/mol. The van der Waals surface area contributed by atoms with Gasteiger partial charge in [-0.05, 0) is 37.5 Å². The summed E-state index contributed by atoms with van der Waals surface area (Å²) < 4.78 is 26.1. The molecule has 20 heavy (non-hydrogen) atoms. The second-order valence-electron chi connectivity index (χ2n) is 5.46. The van der Waals surface area contributed by atoms with Crippen LogP contribution in [-0.2, 0) is 15.8 Å². The molecule has 5 nitrogen and oxygen atoms in total. The quantitative estimate of drug-likeness (QED) is 0.909. The number of rotatable bonds is 3. The number of aliphatic hydroxyl groups is 1. The van der Waals surface area contributed by atoms with Crippen molar-refractivity contribution in [2.75, 3.05) is 13.1 Å². The van der Waals surface area contributed by atoms with Crippen molar-refractivity contribution < 1.29 is 13.5 Å². The number of benzene rings is 1. The van der Waals surface area contributed by atoms with Crippen LogP contribution in [0.1, 0.15) is 30.9 Å². The molecule has 1 N–H and O–H groups in total. The van der Waals surface area contributed by atoms with Crippen molar-refractivity contribution in [3.05, 3.63) is 35.4 Å². The first-order valence-corrected chi connectivity index (χ1v) is 8.13. The Morgan fingerprint density at radius 1 is 1.40 bits per heavy atom. The predicted octanol–water partition coefficient (Wildman–Crippen LogP) is 1.23. The van der Waals surface area contributed by atoms with Crippen molar-refractivity contribution in [2.45, 2.75) is 31.1 Å². The Kier molecular flexibility index (Phi) is 4.14. The number of nitriles is 1. The van der Waals surface area contributed by atoms with Gasteiger partial charge in [0, 0.05) is 13.1 Å². The molecule has 1 aliphatic heterocycles. The minimum atomic E-state index is -3.40. The molecule has 0 aliphatic carbocycles.